The summed E-state index contributed by atoms with van der Waals surface area (Å²) in [4.78, 5) is 37.4. The first-order valence-electron chi connectivity index (χ1n) is 8.50. The van der Waals surface area contributed by atoms with E-state index in [2.05, 4.69) is 4.74 Å². The van der Waals surface area contributed by atoms with Gasteiger partial charge < -0.3 is 14.4 Å². The van der Waals surface area contributed by atoms with Crippen LogP contribution < -0.4 is 9.64 Å². The molecule has 0 aliphatic carbocycles. The third-order valence-electron chi connectivity index (χ3n) is 4.12. The van der Waals surface area contributed by atoms with Crippen LogP contribution in [-0.4, -0.2) is 37.9 Å². The van der Waals surface area contributed by atoms with Gasteiger partial charge in [-0.2, -0.15) is 0 Å². The summed E-state index contributed by atoms with van der Waals surface area (Å²) in [6.07, 6.45) is 2.62. The number of ketones is 1. The second-order valence-electron chi connectivity index (χ2n) is 5.95. The normalized spacial score (nSPS) is 13.0. The van der Waals surface area contributed by atoms with Gasteiger partial charge in [0, 0.05) is 5.56 Å². The van der Waals surface area contributed by atoms with Gasteiger partial charge >= 0.3 is 5.97 Å². The lowest BCUT2D eigenvalue weighted by molar-refractivity contribution is -0.142. The molecule has 0 atom stereocenters. The fourth-order valence-electron chi connectivity index (χ4n) is 2.75. The summed E-state index contributed by atoms with van der Waals surface area (Å²) in [5.41, 5.74) is 1.97. The van der Waals surface area contributed by atoms with E-state index in [9.17, 15) is 14.4 Å². The zero-order valence-corrected chi connectivity index (χ0v) is 14.9. The molecular weight excluding hydrogens is 346 g/mol. The Morgan fingerprint density at radius 1 is 1.15 bits per heavy atom. The molecule has 0 unspecified atom stereocenters. The quantitative estimate of drug-likeness (QED) is 0.463. The van der Waals surface area contributed by atoms with Crippen LogP contribution in [0.3, 0.4) is 0 Å². The minimum absolute atomic E-state index is 0.108. The number of hydrogen-bond donors (Lipinski definition) is 0. The zero-order chi connectivity index (χ0) is 19.2. The molecule has 0 aromatic heterocycles. The molecule has 27 heavy (non-hydrogen) atoms. The molecule has 0 saturated carbocycles. The molecule has 6 nitrogen and oxygen atoms in total. The highest BCUT2D eigenvalue weighted by molar-refractivity contribution is 6.07. The number of esters is 1. The van der Waals surface area contributed by atoms with Gasteiger partial charge in [-0.1, -0.05) is 30.3 Å². The predicted molar refractivity (Wildman–Crippen MR) is 101 cm³/mol. The Kier molecular flexibility index (Phi) is 5.66. The number of anilines is 1. The Morgan fingerprint density at radius 2 is 1.93 bits per heavy atom. The third-order valence-corrected chi connectivity index (χ3v) is 4.12. The van der Waals surface area contributed by atoms with E-state index in [0.29, 0.717) is 30.2 Å². The highest BCUT2D eigenvalue weighted by atomic mass is 16.5. The Hall–Kier alpha value is -3.41. The lowest BCUT2D eigenvalue weighted by atomic mass is 10.1. The first-order valence-corrected chi connectivity index (χ1v) is 8.50. The van der Waals surface area contributed by atoms with Gasteiger partial charge in [-0.25, -0.2) is 0 Å². The number of fused-ring (bicyclic) bond motifs is 1. The van der Waals surface area contributed by atoms with E-state index >= 15 is 0 Å². The molecule has 0 spiro atoms. The Morgan fingerprint density at radius 3 is 2.67 bits per heavy atom. The van der Waals surface area contributed by atoms with Gasteiger partial charge in [0.2, 0.25) is 0 Å². The number of rotatable bonds is 5. The molecule has 1 aliphatic heterocycles. The summed E-state index contributed by atoms with van der Waals surface area (Å²) in [7, 11) is 1.24. The minimum atomic E-state index is -0.580. The van der Waals surface area contributed by atoms with E-state index in [1.165, 1.54) is 13.2 Å². The van der Waals surface area contributed by atoms with Gasteiger partial charge in [0.05, 0.1) is 19.3 Å². The Balaban J connectivity index is 1.83. The number of carbonyl (C=O) groups is 3. The van der Waals surface area contributed by atoms with Crippen molar-refractivity contribution in [2.75, 3.05) is 25.2 Å². The number of ether oxygens (including phenoxy) is 2. The second-order valence-corrected chi connectivity index (χ2v) is 5.95. The summed E-state index contributed by atoms with van der Waals surface area (Å²) in [5.74, 6) is -0.428. The fourth-order valence-corrected chi connectivity index (χ4v) is 2.75. The van der Waals surface area contributed by atoms with E-state index in [0.717, 1.165) is 5.56 Å². The second kappa shape index (κ2) is 8.31. The van der Waals surface area contributed by atoms with Crippen molar-refractivity contribution in [1.29, 1.82) is 0 Å². The monoisotopic (exact) mass is 365 g/mol. The number of allylic oxidation sites excluding steroid dienone is 1. The van der Waals surface area contributed by atoms with Crippen LogP contribution in [0.1, 0.15) is 22.3 Å². The van der Waals surface area contributed by atoms with Crippen molar-refractivity contribution in [2.45, 2.75) is 6.42 Å². The summed E-state index contributed by atoms with van der Waals surface area (Å²) in [6.45, 7) is 0.855. The molecule has 1 amide bonds. The van der Waals surface area contributed by atoms with Crippen LogP contribution in [-0.2, 0) is 14.3 Å². The number of methoxy groups -OCH3 is 1. The van der Waals surface area contributed by atoms with Crippen molar-refractivity contribution in [3.8, 4) is 5.75 Å². The van der Waals surface area contributed by atoms with E-state index < -0.39 is 5.97 Å². The predicted octanol–water partition coefficient (Wildman–Crippen LogP) is 2.87. The number of amides is 1. The van der Waals surface area contributed by atoms with Gasteiger partial charge in [-0.3, -0.25) is 14.4 Å². The smallest absolute Gasteiger partial charge is 0.313 e. The SMILES string of the molecule is COC(=O)CC(=O)C=Cc1ccc2c(c1)N(C(=O)c1ccccc1)CCO2. The molecule has 2 aromatic carbocycles. The highest BCUT2D eigenvalue weighted by Crippen LogP contribution is 2.33. The first-order chi connectivity index (χ1) is 13.1. The fraction of sp³-hybridized carbons (Fsp3) is 0.190. The molecule has 0 radical (unpaired) electrons. The van der Waals surface area contributed by atoms with Crippen LogP contribution in [0, 0.1) is 0 Å². The molecule has 0 saturated heterocycles. The molecule has 6 heteroatoms. The largest absolute Gasteiger partial charge is 0.490 e. The van der Waals surface area contributed by atoms with E-state index in [1.807, 2.05) is 18.2 Å². The van der Waals surface area contributed by atoms with Gasteiger partial charge in [0.15, 0.2) is 5.78 Å². The molecule has 1 heterocycles. The van der Waals surface area contributed by atoms with Crippen molar-refractivity contribution in [1.82, 2.24) is 0 Å². The average Bonchev–Trinajstić information content (AvgIpc) is 2.71. The van der Waals surface area contributed by atoms with Crippen molar-refractivity contribution in [3.05, 3.63) is 65.7 Å². The third kappa shape index (κ3) is 4.41. The standard InChI is InChI=1S/C21H19NO5/c1-26-20(24)14-17(23)9-7-15-8-10-19-18(13-15)22(11-12-27-19)21(25)16-5-3-2-4-6-16/h2-10,13H,11-12,14H2,1H3. The van der Waals surface area contributed by atoms with Gasteiger partial charge in [-0.05, 0) is 35.9 Å². The molecule has 0 N–H and O–H groups in total. The average molecular weight is 365 g/mol. The van der Waals surface area contributed by atoms with Crippen molar-refractivity contribution in [3.63, 3.8) is 0 Å². The molecule has 138 valence electrons. The van der Waals surface area contributed by atoms with Crippen LogP contribution >= 0.6 is 0 Å². The maximum Gasteiger partial charge on any atom is 0.313 e. The van der Waals surface area contributed by atoms with Gasteiger partial charge in [0.1, 0.15) is 18.8 Å². The van der Waals surface area contributed by atoms with E-state index in [1.54, 1.807) is 41.3 Å². The minimum Gasteiger partial charge on any atom is -0.490 e. The van der Waals surface area contributed by atoms with E-state index in [4.69, 9.17) is 4.74 Å². The van der Waals surface area contributed by atoms with Crippen LogP contribution in [0.4, 0.5) is 5.69 Å². The maximum atomic E-state index is 12.8. The molecule has 3 rings (SSSR count). The summed E-state index contributed by atoms with van der Waals surface area (Å²) >= 11 is 0. The molecule has 1 aliphatic rings. The lowest BCUT2D eigenvalue weighted by Crippen LogP contribution is -2.38. The number of hydrogen-bond acceptors (Lipinski definition) is 5. The Bertz CT molecular complexity index is 889. The summed E-state index contributed by atoms with van der Waals surface area (Å²) < 4.78 is 10.1. The Labute approximate surface area is 157 Å². The zero-order valence-electron chi connectivity index (χ0n) is 14.9. The molecular formula is C21H19NO5. The number of carbonyl (C=O) groups excluding carboxylic acids is 3. The molecule has 0 bridgehead atoms. The molecule has 2 aromatic rings. The van der Waals surface area contributed by atoms with Gasteiger partial charge in [0.25, 0.3) is 5.91 Å². The summed E-state index contributed by atoms with van der Waals surface area (Å²) in [6, 6.07) is 14.4. The van der Waals surface area contributed by atoms with Gasteiger partial charge in [-0.15, -0.1) is 0 Å². The van der Waals surface area contributed by atoms with Crippen molar-refractivity contribution < 1.29 is 23.9 Å². The topological polar surface area (TPSA) is 72.9 Å². The van der Waals surface area contributed by atoms with Crippen LogP contribution in [0.2, 0.25) is 0 Å². The number of nitrogens with zero attached hydrogens (tertiary/aromatic N) is 1. The van der Waals surface area contributed by atoms with Crippen molar-refractivity contribution in [2.24, 2.45) is 0 Å². The van der Waals surface area contributed by atoms with E-state index in [-0.39, 0.29) is 18.1 Å². The number of benzene rings is 2. The van der Waals surface area contributed by atoms with Crippen LogP contribution in [0.25, 0.3) is 6.08 Å². The van der Waals surface area contributed by atoms with Crippen LogP contribution in [0.5, 0.6) is 5.75 Å². The molecule has 0 fully saturated rings. The maximum absolute atomic E-state index is 12.8. The highest BCUT2D eigenvalue weighted by Gasteiger charge is 2.24. The summed E-state index contributed by atoms with van der Waals surface area (Å²) in [5, 5.41) is 0. The lowest BCUT2D eigenvalue weighted by Gasteiger charge is -2.30. The first kappa shape index (κ1) is 18.4. The van der Waals surface area contributed by atoms with Crippen molar-refractivity contribution >= 4 is 29.4 Å². The van der Waals surface area contributed by atoms with Crippen LogP contribution in [0.15, 0.2) is 54.6 Å².